The Labute approximate surface area is 128 Å². The van der Waals surface area contributed by atoms with Gasteiger partial charge in [0.05, 0.1) is 12.6 Å². The van der Waals surface area contributed by atoms with Gasteiger partial charge in [0, 0.05) is 29.2 Å². The molecule has 0 aliphatic carbocycles. The minimum Gasteiger partial charge on any atom is -0.481 e. The Morgan fingerprint density at radius 1 is 0.909 bits per heavy atom. The van der Waals surface area contributed by atoms with E-state index >= 15 is 0 Å². The predicted molar refractivity (Wildman–Crippen MR) is 89.0 cm³/mol. The van der Waals surface area contributed by atoms with Crippen LogP contribution in [0.1, 0.15) is 0 Å². The molecule has 0 spiro atoms. The Morgan fingerprint density at radius 3 is 2.77 bits per heavy atom. The second-order valence-electron chi connectivity index (χ2n) is 5.16. The van der Waals surface area contributed by atoms with E-state index in [-0.39, 0.29) is 0 Å². The van der Waals surface area contributed by atoms with Crippen LogP contribution in [0.5, 0.6) is 5.88 Å². The number of benzene rings is 2. The molecule has 3 heteroatoms. The molecular formula is C19H14N2O. The second kappa shape index (κ2) is 5.11. The van der Waals surface area contributed by atoms with Gasteiger partial charge >= 0.3 is 0 Å². The van der Waals surface area contributed by atoms with Crippen LogP contribution in [0, 0.1) is 0 Å². The summed E-state index contributed by atoms with van der Waals surface area (Å²) in [4.78, 5) is 8.71. The Balaban J connectivity index is 1.93. The number of hydrogen-bond acceptors (Lipinski definition) is 3. The van der Waals surface area contributed by atoms with Crippen LogP contribution >= 0.6 is 0 Å². The predicted octanol–water partition coefficient (Wildman–Crippen LogP) is 4.46. The van der Waals surface area contributed by atoms with Crippen molar-refractivity contribution in [2.75, 3.05) is 7.11 Å². The van der Waals surface area contributed by atoms with E-state index in [1.54, 1.807) is 7.11 Å². The lowest BCUT2D eigenvalue weighted by atomic mass is 9.98. The fourth-order valence-electron chi connectivity index (χ4n) is 2.75. The first-order chi connectivity index (χ1) is 10.8. The third-order valence-corrected chi connectivity index (χ3v) is 3.87. The van der Waals surface area contributed by atoms with Gasteiger partial charge in [0.1, 0.15) is 0 Å². The van der Waals surface area contributed by atoms with E-state index in [4.69, 9.17) is 4.74 Å². The summed E-state index contributed by atoms with van der Waals surface area (Å²) in [6.45, 7) is 0. The number of fused-ring (bicyclic) bond motifs is 2. The van der Waals surface area contributed by atoms with Gasteiger partial charge in [0.25, 0.3) is 0 Å². The fraction of sp³-hybridized carbons (Fsp3) is 0.0526. The molecule has 2 heterocycles. The summed E-state index contributed by atoms with van der Waals surface area (Å²) in [5, 5.41) is 3.45. The van der Waals surface area contributed by atoms with Crippen LogP contribution in [0.2, 0.25) is 0 Å². The van der Waals surface area contributed by atoms with E-state index in [2.05, 4.69) is 40.3 Å². The second-order valence-corrected chi connectivity index (χ2v) is 5.16. The average Bonchev–Trinajstić information content (AvgIpc) is 2.60. The molecule has 0 bridgehead atoms. The quantitative estimate of drug-likeness (QED) is 0.545. The average molecular weight is 286 g/mol. The van der Waals surface area contributed by atoms with Gasteiger partial charge in [-0.05, 0) is 40.8 Å². The molecule has 4 aromatic rings. The highest BCUT2D eigenvalue weighted by atomic mass is 16.5. The van der Waals surface area contributed by atoms with Crippen LogP contribution < -0.4 is 4.74 Å². The minimum absolute atomic E-state index is 0.634. The molecule has 0 fully saturated rings. The van der Waals surface area contributed by atoms with Crippen molar-refractivity contribution < 1.29 is 4.74 Å². The van der Waals surface area contributed by atoms with Gasteiger partial charge in [-0.2, -0.15) is 0 Å². The van der Waals surface area contributed by atoms with Crippen LogP contribution in [0.25, 0.3) is 32.8 Å². The maximum absolute atomic E-state index is 5.18. The maximum atomic E-state index is 5.18. The Bertz CT molecular complexity index is 974. The molecular weight excluding hydrogens is 272 g/mol. The third-order valence-electron chi connectivity index (χ3n) is 3.87. The number of aromatic nitrogens is 2. The first-order valence-corrected chi connectivity index (χ1v) is 7.13. The van der Waals surface area contributed by atoms with Gasteiger partial charge in [-0.1, -0.05) is 24.3 Å². The van der Waals surface area contributed by atoms with Crippen molar-refractivity contribution >= 4 is 21.7 Å². The van der Waals surface area contributed by atoms with E-state index in [0.29, 0.717) is 5.88 Å². The van der Waals surface area contributed by atoms with E-state index in [1.165, 1.54) is 10.9 Å². The zero-order valence-corrected chi connectivity index (χ0v) is 12.2. The van der Waals surface area contributed by atoms with Crippen LogP contribution in [-0.4, -0.2) is 17.1 Å². The normalized spacial score (nSPS) is 11.0. The number of pyridine rings is 2. The van der Waals surface area contributed by atoms with Crippen LogP contribution in [0.15, 0.2) is 67.0 Å². The monoisotopic (exact) mass is 286 g/mol. The Kier molecular flexibility index (Phi) is 2.97. The largest absolute Gasteiger partial charge is 0.481 e. The van der Waals surface area contributed by atoms with Gasteiger partial charge in [-0.15, -0.1) is 0 Å². The van der Waals surface area contributed by atoms with Crippen LogP contribution in [0.4, 0.5) is 0 Å². The zero-order valence-electron chi connectivity index (χ0n) is 12.2. The molecule has 0 unspecified atom stereocenters. The summed E-state index contributed by atoms with van der Waals surface area (Å²) in [6, 6.07) is 18.5. The first kappa shape index (κ1) is 12.8. The smallest absolute Gasteiger partial charge is 0.213 e. The van der Waals surface area contributed by atoms with Crippen molar-refractivity contribution in [1.29, 1.82) is 0 Å². The SMILES string of the molecule is COc1ccc2cc(-c3cccc4ccncc34)ccc2n1. The molecule has 22 heavy (non-hydrogen) atoms. The van der Waals surface area contributed by atoms with Gasteiger partial charge in [-0.3, -0.25) is 4.98 Å². The molecule has 0 radical (unpaired) electrons. The number of rotatable bonds is 2. The van der Waals surface area contributed by atoms with Crippen LogP contribution in [-0.2, 0) is 0 Å². The Morgan fingerprint density at radius 2 is 1.86 bits per heavy atom. The topological polar surface area (TPSA) is 35.0 Å². The van der Waals surface area contributed by atoms with E-state index in [0.717, 1.165) is 21.9 Å². The summed E-state index contributed by atoms with van der Waals surface area (Å²) in [5.41, 5.74) is 3.28. The molecule has 2 aromatic heterocycles. The minimum atomic E-state index is 0.634. The number of hydrogen-bond donors (Lipinski definition) is 0. The molecule has 106 valence electrons. The highest BCUT2D eigenvalue weighted by Crippen LogP contribution is 2.30. The summed E-state index contributed by atoms with van der Waals surface area (Å²) >= 11 is 0. The lowest BCUT2D eigenvalue weighted by molar-refractivity contribution is 0.399. The standard InChI is InChI=1S/C19H14N2O/c1-22-19-8-6-15-11-14(5-7-18(15)21-19)16-4-2-3-13-9-10-20-12-17(13)16/h2-12H,1H3. The first-order valence-electron chi connectivity index (χ1n) is 7.13. The highest BCUT2D eigenvalue weighted by Gasteiger charge is 2.06. The molecule has 4 rings (SSSR count). The van der Waals surface area contributed by atoms with E-state index < -0.39 is 0 Å². The number of ether oxygens (including phenoxy) is 1. The highest BCUT2D eigenvalue weighted by molar-refractivity contribution is 5.98. The molecule has 0 saturated heterocycles. The lowest BCUT2D eigenvalue weighted by Crippen LogP contribution is -1.88. The fourth-order valence-corrected chi connectivity index (χ4v) is 2.75. The van der Waals surface area contributed by atoms with Gasteiger partial charge in [-0.25, -0.2) is 4.98 Å². The molecule has 0 aliphatic heterocycles. The van der Waals surface area contributed by atoms with E-state index in [9.17, 15) is 0 Å². The van der Waals surface area contributed by atoms with Crippen molar-refractivity contribution in [2.45, 2.75) is 0 Å². The molecule has 0 N–H and O–H groups in total. The summed E-state index contributed by atoms with van der Waals surface area (Å²) in [6.07, 6.45) is 3.74. The lowest BCUT2D eigenvalue weighted by Gasteiger charge is -2.08. The van der Waals surface area contributed by atoms with E-state index in [1.807, 2.05) is 36.7 Å². The molecule has 0 amide bonds. The van der Waals surface area contributed by atoms with Gasteiger partial charge in [0.2, 0.25) is 5.88 Å². The zero-order chi connectivity index (χ0) is 14.9. The van der Waals surface area contributed by atoms with Crippen molar-refractivity contribution in [3.63, 3.8) is 0 Å². The third kappa shape index (κ3) is 2.07. The number of nitrogens with zero attached hydrogens (tertiary/aromatic N) is 2. The summed E-state index contributed by atoms with van der Waals surface area (Å²) in [5.74, 6) is 0.634. The van der Waals surface area contributed by atoms with Crippen LogP contribution in [0.3, 0.4) is 0 Å². The molecule has 3 nitrogen and oxygen atoms in total. The molecule has 0 aliphatic rings. The van der Waals surface area contributed by atoms with Crippen molar-refractivity contribution in [3.8, 4) is 17.0 Å². The molecule has 2 aromatic carbocycles. The number of methoxy groups -OCH3 is 1. The maximum Gasteiger partial charge on any atom is 0.213 e. The van der Waals surface area contributed by atoms with Crippen molar-refractivity contribution in [2.24, 2.45) is 0 Å². The Hall–Kier alpha value is -2.94. The summed E-state index contributed by atoms with van der Waals surface area (Å²) in [7, 11) is 1.63. The van der Waals surface area contributed by atoms with Gasteiger partial charge in [0.15, 0.2) is 0 Å². The van der Waals surface area contributed by atoms with Crippen molar-refractivity contribution in [3.05, 3.63) is 67.0 Å². The molecule has 0 atom stereocenters. The molecule has 0 saturated carbocycles. The van der Waals surface area contributed by atoms with Gasteiger partial charge < -0.3 is 4.74 Å². The summed E-state index contributed by atoms with van der Waals surface area (Å²) < 4.78 is 5.18. The van der Waals surface area contributed by atoms with Crippen molar-refractivity contribution in [1.82, 2.24) is 9.97 Å².